The molecule has 1 aromatic rings. The van der Waals surface area contributed by atoms with Gasteiger partial charge in [0.05, 0.1) is 36.1 Å². The minimum atomic E-state index is -2.05. The predicted molar refractivity (Wildman–Crippen MR) is 283 cm³/mol. The summed E-state index contributed by atoms with van der Waals surface area (Å²) in [5.74, 6) is -7.84. The van der Waals surface area contributed by atoms with Gasteiger partial charge in [-0.1, -0.05) is 56.7 Å². The van der Waals surface area contributed by atoms with Crippen LogP contribution in [0.5, 0.6) is 5.75 Å². The predicted octanol–water partition coefficient (Wildman–Crippen LogP) is -1.26. The molecule has 7 aliphatic rings. The molecule has 456 valence electrons. The van der Waals surface area contributed by atoms with Gasteiger partial charge in [0.2, 0.25) is 42.1 Å². The topological polar surface area (TPSA) is 412 Å². The Morgan fingerprint density at radius 3 is 2.29 bits per heavy atom. The highest BCUT2D eigenvalue weighted by Gasteiger charge is 2.82. The molecule has 0 aromatic heterocycles. The summed E-state index contributed by atoms with van der Waals surface area (Å²) >= 11 is 0. The molecule has 2 unspecified atom stereocenters. The average molecular weight is 1170 g/mol. The number of anilines is 1. The van der Waals surface area contributed by atoms with Gasteiger partial charge in [0.15, 0.2) is 6.10 Å². The van der Waals surface area contributed by atoms with Crippen molar-refractivity contribution >= 4 is 59.2 Å². The van der Waals surface area contributed by atoms with Crippen LogP contribution in [-0.2, 0) is 73.4 Å². The van der Waals surface area contributed by atoms with Crippen molar-refractivity contribution in [2.45, 2.75) is 166 Å². The monoisotopic (exact) mass is 1170 g/mol. The molecule has 5 fully saturated rings. The third-order valence-electron chi connectivity index (χ3n) is 16.2. The van der Waals surface area contributed by atoms with Gasteiger partial charge in [-0.2, -0.15) is 0 Å². The van der Waals surface area contributed by atoms with Gasteiger partial charge in [-0.15, -0.1) is 0 Å². The van der Waals surface area contributed by atoms with Crippen molar-refractivity contribution in [3.05, 3.63) is 59.7 Å². The zero-order valence-electron chi connectivity index (χ0n) is 46.7. The second-order valence-corrected chi connectivity index (χ2v) is 22.2. The van der Waals surface area contributed by atoms with Crippen LogP contribution in [0.4, 0.5) is 10.5 Å². The van der Waals surface area contributed by atoms with Crippen LogP contribution < -0.4 is 36.6 Å². The first-order chi connectivity index (χ1) is 39.2. The molecule has 2 saturated carbocycles. The van der Waals surface area contributed by atoms with Crippen molar-refractivity contribution in [2.24, 2.45) is 22.7 Å². The highest BCUT2D eigenvalue weighted by atomic mass is 16.7. The molecule has 83 heavy (non-hydrogen) atoms. The zero-order chi connectivity index (χ0) is 60.7. The molecule has 16 atom stereocenters. The molecule has 4 heterocycles. The van der Waals surface area contributed by atoms with Gasteiger partial charge in [-0.05, 0) is 56.7 Å². The lowest BCUT2D eigenvalue weighted by atomic mass is 9.50. The van der Waals surface area contributed by atoms with E-state index < -0.39 is 156 Å². The molecular formula is C55H74N6O22. The van der Waals surface area contributed by atoms with Crippen molar-refractivity contribution in [3.63, 3.8) is 0 Å². The minimum Gasteiger partial charge on any atom is -0.479 e. The number of esters is 2. The van der Waals surface area contributed by atoms with Crippen LogP contribution in [0, 0.1) is 22.7 Å². The fourth-order valence-corrected chi connectivity index (χ4v) is 11.4. The Bertz CT molecular complexity index is 2740. The normalized spacial score (nSPS) is 33.3. The lowest BCUT2D eigenvalue weighted by Gasteiger charge is -2.56. The quantitative estimate of drug-likeness (QED) is 0.0437. The summed E-state index contributed by atoms with van der Waals surface area (Å²) in [6.45, 7) is 8.09. The number of carbonyl (C=O) groups is 9. The number of amides is 6. The van der Waals surface area contributed by atoms with Crippen molar-refractivity contribution in [3.8, 4) is 5.75 Å². The summed E-state index contributed by atoms with van der Waals surface area (Å²) in [7, 11) is 0. The summed E-state index contributed by atoms with van der Waals surface area (Å²) in [4.78, 5) is 116. The number of cyclic esters (lactones) is 1. The van der Waals surface area contributed by atoms with Crippen LogP contribution in [0.1, 0.15) is 85.6 Å². The molecule has 6 amide bonds. The summed E-state index contributed by atoms with van der Waals surface area (Å²) in [5.41, 5.74) is -2.68. The van der Waals surface area contributed by atoms with Crippen molar-refractivity contribution in [1.82, 2.24) is 26.6 Å². The van der Waals surface area contributed by atoms with Crippen LogP contribution in [0.15, 0.2) is 54.2 Å². The van der Waals surface area contributed by atoms with Crippen molar-refractivity contribution in [1.29, 1.82) is 0 Å². The molecule has 3 saturated heterocycles. The number of allylic oxidation sites excluding steroid dienone is 3. The Hall–Kier alpha value is -7.05. The van der Waals surface area contributed by atoms with Gasteiger partial charge in [0.25, 0.3) is 0 Å². The maximum Gasteiger partial charge on any atom is 0.408 e. The van der Waals surface area contributed by atoms with E-state index in [0.717, 1.165) is 5.57 Å². The van der Waals surface area contributed by atoms with Gasteiger partial charge in [-0.25, -0.2) is 19.2 Å². The Balaban J connectivity index is 1.05. The lowest BCUT2D eigenvalue weighted by molar-refractivity contribution is -0.271. The molecule has 28 nitrogen and oxygen atoms in total. The number of nitrogens with one attached hydrogen (secondary N) is 6. The molecule has 28 heteroatoms. The average Bonchev–Trinajstić information content (AvgIpc) is 1.52. The number of aliphatic hydroxyl groups excluding tert-OH is 4. The van der Waals surface area contributed by atoms with E-state index in [9.17, 15) is 73.8 Å². The maximum absolute atomic E-state index is 14.5. The first kappa shape index (κ1) is 63.5. The second-order valence-electron chi connectivity index (χ2n) is 22.2. The fraction of sp³-hybridized carbons (Fsp3) is 0.618. The van der Waals surface area contributed by atoms with Crippen LogP contribution in [0.25, 0.3) is 0 Å². The number of aliphatic hydroxyl groups is 5. The van der Waals surface area contributed by atoms with Gasteiger partial charge in [0.1, 0.15) is 55.5 Å². The van der Waals surface area contributed by atoms with Crippen LogP contribution in [-0.4, -0.2) is 190 Å². The number of hydrogen-bond acceptors (Lipinski definition) is 21. The Kier molecular flexibility index (Phi) is 20.4. The minimum absolute atomic E-state index is 0.0701. The number of carboxylic acid groups (broad SMARTS) is 1. The second kappa shape index (κ2) is 26.7. The van der Waals surface area contributed by atoms with E-state index in [4.69, 9.17) is 33.2 Å². The maximum atomic E-state index is 14.5. The zero-order valence-corrected chi connectivity index (χ0v) is 46.7. The molecule has 1 spiro atoms. The van der Waals surface area contributed by atoms with Gasteiger partial charge < -0.3 is 95.7 Å². The summed E-state index contributed by atoms with van der Waals surface area (Å²) < 4.78 is 41.5. The van der Waals surface area contributed by atoms with Crippen molar-refractivity contribution < 1.29 is 107 Å². The number of aliphatic carboxylic acids is 1. The molecule has 1 aromatic carbocycles. The number of hydrogen-bond donors (Lipinski definition) is 12. The van der Waals surface area contributed by atoms with E-state index in [1.165, 1.54) is 56.4 Å². The van der Waals surface area contributed by atoms with Crippen molar-refractivity contribution in [2.75, 3.05) is 31.6 Å². The van der Waals surface area contributed by atoms with Gasteiger partial charge in [0, 0.05) is 62.1 Å². The molecule has 8 rings (SSSR count). The van der Waals surface area contributed by atoms with Crippen LogP contribution in [0.2, 0.25) is 0 Å². The third-order valence-corrected chi connectivity index (χ3v) is 16.2. The smallest absolute Gasteiger partial charge is 0.408 e. The van der Waals surface area contributed by atoms with E-state index in [2.05, 4.69) is 31.9 Å². The van der Waals surface area contributed by atoms with Crippen LogP contribution >= 0.6 is 0 Å². The number of rotatable bonds is 19. The van der Waals surface area contributed by atoms with Gasteiger partial charge >= 0.3 is 24.0 Å². The third kappa shape index (κ3) is 14.5. The standard InChI is InChI=1S/C55H74N6O22/c1-26(2)42(47(71)61-48-50(74)78-25-54-16-13-27(3)19-37(54)79-35-21-36(53(54,6)55(76)22-31(35)55)82-41(67)10-8-7-9-33(80-48)28(4)62)60-52(75)77-24-30-11-12-34(81-51-45(70)43(68)44(69)46(83-51)49(72)73)32(20-30)59-39(65)15-18-56-38(64)14-17-57-40(66)23-58-29(5)63/h7-12,19-20,26,28,31,33,35-37,42-46,48,51,62,68-70,76H,13-18,21-25H2,1-6H3,(H,56,64)(H,57,66)(H,58,63)(H,59,65)(H,60,75)(H,61,71)(H,72,73)/b9-7+,10-8-/t28-,31?,33-,35-,36-,37-,42+,43+,44+,45-,46+,48+,51-,53-,54-,55?/m1/s1. The highest BCUT2D eigenvalue weighted by Crippen LogP contribution is 2.74. The van der Waals surface area contributed by atoms with E-state index in [1.54, 1.807) is 13.8 Å². The Labute approximate surface area is 477 Å². The first-order valence-electron chi connectivity index (χ1n) is 27.3. The number of benzene rings is 1. The number of carboxylic acids is 1. The molecule has 4 bridgehead atoms. The number of ether oxygens (including phenoxy) is 7. The largest absolute Gasteiger partial charge is 0.479 e. The molecule has 4 aliphatic heterocycles. The highest BCUT2D eigenvalue weighted by molar-refractivity contribution is 5.93. The van der Waals surface area contributed by atoms with E-state index in [-0.39, 0.29) is 68.4 Å². The number of alkyl carbamates (subject to hydrolysis) is 1. The first-order valence-corrected chi connectivity index (χ1v) is 27.3. The van der Waals surface area contributed by atoms with Gasteiger partial charge in [-0.3, -0.25) is 24.0 Å². The molecule has 12 N–H and O–H groups in total. The van der Waals surface area contributed by atoms with E-state index >= 15 is 0 Å². The van der Waals surface area contributed by atoms with Crippen LogP contribution in [0.3, 0.4) is 0 Å². The van der Waals surface area contributed by atoms with E-state index in [1.807, 2.05) is 19.9 Å². The fourth-order valence-electron chi connectivity index (χ4n) is 11.4. The molecule has 0 radical (unpaired) electrons. The summed E-state index contributed by atoms with van der Waals surface area (Å²) in [6, 6.07) is 2.40. The number of carbonyl (C=O) groups excluding carboxylic acids is 8. The Morgan fingerprint density at radius 2 is 1.60 bits per heavy atom. The molecule has 3 aliphatic carbocycles. The summed E-state index contributed by atoms with van der Waals surface area (Å²) in [5, 5.41) is 78.9. The lowest BCUT2D eigenvalue weighted by Crippen LogP contribution is -2.64. The molecular weight excluding hydrogens is 1100 g/mol. The Morgan fingerprint density at radius 1 is 0.892 bits per heavy atom. The van der Waals surface area contributed by atoms with E-state index in [0.29, 0.717) is 19.3 Å². The summed E-state index contributed by atoms with van der Waals surface area (Å²) in [6.07, 6.45) is -9.44. The SMILES string of the molecule is CC(=O)NCC(=O)NCCC(=O)NCCC(=O)Nc1cc(COC(=O)N[C@H](C(=O)N[C@H]2O[C@@H]([C@@H](C)O)/C=C/C=C\C(=O)O[C@@H]3C[C@H]4O[C@@H]5C=C(C)CC[C@]5(COC2=O)[C@]3(C)C2(O)CC42)C(C)C)ccc1O[C@@H]1O[C@H](C(=O)O)[C@@H](O)[C@H](O)[C@H]1O.